The van der Waals surface area contributed by atoms with Gasteiger partial charge >= 0.3 is 0 Å². The van der Waals surface area contributed by atoms with Gasteiger partial charge in [0.25, 0.3) is 0 Å². The largest absolute Gasteiger partial charge is 0.256 e. The molecule has 3 aromatic carbocycles. The van der Waals surface area contributed by atoms with Crippen LogP contribution in [0.4, 0.5) is 5.69 Å². The highest BCUT2D eigenvalue weighted by Gasteiger charge is 2.30. The Hall–Kier alpha value is -2.24. The van der Waals surface area contributed by atoms with Crippen LogP contribution < -0.4 is 0 Å². The molecule has 0 aliphatic heterocycles. The minimum Gasteiger partial charge on any atom is -0.256 e. The van der Waals surface area contributed by atoms with Gasteiger partial charge in [0.1, 0.15) is 0 Å². The van der Waals surface area contributed by atoms with Gasteiger partial charge < -0.3 is 0 Å². The predicted octanol–water partition coefficient (Wildman–Crippen LogP) is 7.73. The molecule has 0 atom stereocenters. The first kappa shape index (κ1) is 20.5. The quantitative estimate of drug-likeness (QED) is 0.306. The molecule has 0 saturated carbocycles. The molecule has 3 aromatic rings. The van der Waals surface area contributed by atoms with Crippen molar-refractivity contribution in [1.29, 1.82) is 0 Å². The number of nitrogens with zero attached hydrogens (tertiary/aromatic N) is 1. The molecule has 3 rings (SSSR count). The SMILES string of the molecule is C[Si](C)(C)C(=Cc1ccc(C=Nc2cccc3ccccc23)cc1)[Si](C)(C)C. The van der Waals surface area contributed by atoms with Crippen molar-refractivity contribution in [3.05, 3.63) is 82.7 Å². The Morgan fingerprint density at radius 3 is 1.89 bits per heavy atom. The standard InChI is InChI=1S/C25H31NSi2/c1-27(2,3)25(28(4,5)6)18-20-14-16-21(17-15-20)19-26-24-13-9-11-22-10-7-8-12-23(22)24/h7-19H,1-6H3. The van der Waals surface area contributed by atoms with Gasteiger partial charge in [-0.3, -0.25) is 4.99 Å². The second-order valence-electron chi connectivity index (χ2n) is 9.48. The lowest BCUT2D eigenvalue weighted by Gasteiger charge is -2.31. The molecular formula is C25H31NSi2. The summed E-state index contributed by atoms with van der Waals surface area (Å²) in [4.78, 5) is 6.48. The first-order chi connectivity index (χ1) is 13.1. The van der Waals surface area contributed by atoms with Crippen LogP contribution in [0.1, 0.15) is 11.1 Å². The highest BCUT2D eigenvalue weighted by molar-refractivity contribution is 7.05. The molecule has 0 aromatic heterocycles. The second-order valence-corrected chi connectivity index (χ2v) is 20.1. The number of benzene rings is 3. The van der Waals surface area contributed by atoms with Crippen molar-refractivity contribution in [3.8, 4) is 0 Å². The summed E-state index contributed by atoms with van der Waals surface area (Å²) in [6.45, 7) is 14.8. The van der Waals surface area contributed by atoms with Crippen LogP contribution in [0.15, 0.2) is 76.5 Å². The first-order valence-electron chi connectivity index (χ1n) is 9.99. The molecule has 0 saturated heterocycles. The summed E-state index contributed by atoms with van der Waals surface area (Å²) in [5.74, 6) is 0. The van der Waals surface area contributed by atoms with Crippen molar-refractivity contribution >= 4 is 44.9 Å². The molecule has 0 unspecified atom stereocenters. The van der Waals surface area contributed by atoms with Crippen molar-refractivity contribution in [2.24, 2.45) is 4.99 Å². The van der Waals surface area contributed by atoms with Crippen molar-refractivity contribution in [2.45, 2.75) is 39.3 Å². The highest BCUT2D eigenvalue weighted by atomic mass is 28.4. The van der Waals surface area contributed by atoms with Gasteiger partial charge in [0.15, 0.2) is 0 Å². The van der Waals surface area contributed by atoms with Gasteiger partial charge in [-0.1, -0.05) is 111 Å². The van der Waals surface area contributed by atoms with E-state index in [1.165, 1.54) is 16.3 Å². The topological polar surface area (TPSA) is 12.4 Å². The van der Waals surface area contributed by atoms with Crippen LogP contribution in [0.25, 0.3) is 16.8 Å². The van der Waals surface area contributed by atoms with Crippen molar-refractivity contribution in [3.63, 3.8) is 0 Å². The maximum Gasteiger partial charge on any atom is 0.0708 e. The highest BCUT2D eigenvalue weighted by Crippen LogP contribution is 2.28. The molecule has 1 nitrogen and oxygen atoms in total. The smallest absolute Gasteiger partial charge is 0.0708 e. The van der Waals surface area contributed by atoms with E-state index in [0.717, 1.165) is 11.3 Å². The lowest BCUT2D eigenvalue weighted by Crippen LogP contribution is -2.39. The van der Waals surface area contributed by atoms with Crippen LogP contribution in [0, 0.1) is 0 Å². The Bertz CT molecular complexity index is 996. The summed E-state index contributed by atoms with van der Waals surface area (Å²) in [6, 6.07) is 23.5. The van der Waals surface area contributed by atoms with Crippen LogP contribution in [-0.4, -0.2) is 22.4 Å². The van der Waals surface area contributed by atoms with Crippen LogP contribution in [0.5, 0.6) is 0 Å². The van der Waals surface area contributed by atoms with E-state index in [0.29, 0.717) is 0 Å². The van der Waals surface area contributed by atoms with E-state index in [-0.39, 0.29) is 0 Å². The maximum absolute atomic E-state index is 4.75. The molecule has 0 fully saturated rings. The van der Waals surface area contributed by atoms with Crippen LogP contribution in [0.3, 0.4) is 0 Å². The first-order valence-corrected chi connectivity index (χ1v) is 17.0. The molecule has 0 N–H and O–H groups in total. The molecular weight excluding hydrogens is 370 g/mol. The third-order valence-corrected chi connectivity index (χ3v) is 13.0. The van der Waals surface area contributed by atoms with E-state index >= 15 is 0 Å². The fourth-order valence-electron chi connectivity index (χ4n) is 3.87. The van der Waals surface area contributed by atoms with Gasteiger partial charge in [-0.2, -0.15) is 0 Å². The summed E-state index contributed by atoms with van der Waals surface area (Å²) in [5, 5.41) is 2.42. The van der Waals surface area contributed by atoms with Crippen molar-refractivity contribution in [1.82, 2.24) is 0 Å². The van der Waals surface area contributed by atoms with Gasteiger partial charge in [0, 0.05) is 11.6 Å². The number of aliphatic imine (C=N–C) groups is 1. The summed E-state index contributed by atoms with van der Waals surface area (Å²) in [5.41, 5.74) is 3.46. The Balaban J connectivity index is 1.87. The maximum atomic E-state index is 4.75. The summed E-state index contributed by atoms with van der Waals surface area (Å²) in [7, 11) is -2.61. The van der Waals surface area contributed by atoms with Gasteiger partial charge in [-0.15, -0.1) is 0 Å². The minimum atomic E-state index is -1.31. The van der Waals surface area contributed by atoms with Gasteiger partial charge in [0.05, 0.1) is 21.8 Å². The summed E-state index contributed by atoms with van der Waals surface area (Å²) >= 11 is 0. The molecule has 0 aliphatic carbocycles. The minimum absolute atomic E-state index is 1.02. The lowest BCUT2D eigenvalue weighted by atomic mass is 10.1. The number of rotatable bonds is 5. The summed E-state index contributed by atoms with van der Waals surface area (Å²) in [6.07, 6.45) is 4.43. The van der Waals surface area contributed by atoms with Crippen LogP contribution in [-0.2, 0) is 0 Å². The van der Waals surface area contributed by atoms with Gasteiger partial charge in [-0.05, 0) is 22.6 Å². The lowest BCUT2D eigenvalue weighted by molar-refractivity contribution is 1.55. The van der Waals surface area contributed by atoms with Crippen molar-refractivity contribution in [2.75, 3.05) is 0 Å². The predicted molar refractivity (Wildman–Crippen MR) is 132 cm³/mol. The van der Waals surface area contributed by atoms with Gasteiger partial charge in [-0.25, -0.2) is 0 Å². The van der Waals surface area contributed by atoms with Gasteiger partial charge in [0.2, 0.25) is 0 Å². The third kappa shape index (κ3) is 4.97. The number of hydrogen-bond acceptors (Lipinski definition) is 1. The zero-order valence-electron chi connectivity index (χ0n) is 18.0. The Labute approximate surface area is 171 Å². The molecule has 0 amide bonds. The Morgan fingerprint density at radius 1 is 0.679 bits per heavy atom. The Kier molecular flexibility index (Phi) is 5.87. The average molecular weight is 402 g/mol. The molecule has 3 heteroatoms. The third-order valence-electron chi connectivity index (χ3n) is 4.98. The van der Waals surface area contributed by atoms with E-state index in [4.69, 9.17) is 4.99 Å². The van der Waals surface area contributed by atoms with E-state index in [1.54, 1.807) is 4.82 Å². The second kappa shape index (κ2) is 8.02. The van der Waals surface area contributed by atoms with E-state index in [2.05, 4.69) is 112 Å². The number of fused-ring (bicyclic) bond motifs is 1. The van der Waals surface area contributed by atoms with E-state index in [9.17, 15) is 0 Å². The normalized spacial score (nSPS) is 12.5. The summed E-state index contributed by atoms with van der Waals surface area (Å²) < 4.78 is 0. The van der Waals surface area contributed by atoms with Crippen molar-refractivity contribution < 1.29 is 0 Å². The number of hydrogen-bond donors (Lipinski definition) is 0. The fourth-order valence-corrected chi connectivity index (χ4v) is 14.1. The monoisotopic (exact) mass is 401 g/mol. The zero-order chi connectivity index (χ0) is 20.4. The molecule has 0 bridgehead atoms. The molecule has 28 heavy (non-hydrogen) atoms. The molecule has 0 spiro atoms. The molecule has 0 aliphatic rings. The molecule has 0 radical (unpaired) electrons. The fraction of sp³-hybridized carbons (Fsp3) is 0.240. The van der Waals surface area contributed by atoms with E-state index < -0.39 is 16.1 Å². The average Bonchev–Trinajstić information content (AvgIpc) is 2.63. The zero-order valence-corrected chi connectivity index (χ0v) is 20.0. The van der Waals surface area contributed by atoms with E-state index in [1.807, 2.05) is 6.21 Å². The van der Waals surface area contributed by atoms with Crippen LogP contribution in [0.2, 0.25) is 39.3 Å². The molecule has 0 heterocycles. The van der Waals surface area contributed by atoms with Crippen LogP contribution >= 0.6 is 0 Å². The Morgan fingerprint density at radius 2 is 1.25 bits per heavy atom. The molecule has 144 valence electrons.